The van der Waals surface area contributed by atoms with Crippen molar-refractivity contribution in [3.8, 4) is 0 Å². The Balaban J connectivity index is 1.94. The fraction of sp³-hybridized carbons (Fsp3) is 0.562. The van der Waals surface area contributed by atoms with Crippen LogP contribution in [0.25, 0.3) is 0 Å². The Kier molecular flexibility index (Phi) is 5.17. The minimum absolute atomic E-state index is 0.128. The molecule has 5 heteroatoms. The van der Waals surface area contributed by atoms with Gasteiger partial charge in [0.05, 0.1) is 6.10 Å². The Morgan fingerprint density at radius 1 is 1.43 bits per heavy atom. The standard InChI is InChI=1S/C16H23FN2O2/c1-11-7-8-13(17)9-14(11)18-16(21)19(2)10-12-5-3-4-6-15(12)20/h7-9,12,15,20H,3-6,10H2,1-2H3,(H,18,21). The van der Waals surface area contributed by atoms with E-state index in [0.717, 1.165) is 31.2 Å². The number of aliphatic hydroxyl groups excluding tert-OH is 1. The van der Waals surface area contributed by atoms with Crippen molar-refractivity contribution in [3.05, 3.63) is 29.6 Å². The number of anilines is 1. The SMILES string of the molecule is Cc1ccc(F)cc1NC(=O)N(C)CC1CCCCC1O. The van der Waals surface area contributed by atoms with E-state index in [4.69, 9.17) is 0 Å². The van der Waals surface area contributed by atoms with Gasteiger partial charge >= 0.3 is 6.03 Å². The fourth-order valence-corrected chi connectivity index (χ4v) is 2.78. The molecular weight excluding hydrogens is 271 g/mol. The molecule has 116 valence electrons. The van der Waals surface area contributed by atoms with Gasteiger partial charge in [-0.15, -0.1) is 0 Å². The van der Waals surface area contributed by atoms with E-state index >= 15 is 0 Å². The molecule has 2 amide bonds. The van der Waals surface area contributed by atoms with E-state index in [2.05, 4.69) is 5.32 Å². The van der Waals surface area contributed by atoms with Crippen LogP contribution in [0.5, 0.6) is 0 Å². The summed E-state index contributed by atoms with van der Waals surface area (Å²) < 4.78 is 13.2. The molecule has 1 fully saturated rings. The normalized spacial score (nSPS) is 21.9. The average Bonchev–Trinajstić information content (AvgIpc) is 2.45. The average molecular weight is 294 g/mol. The van der Waals surface area contributed by atoms with Gasteiger partial charge in [0.2, 0.25) is 0 Å². The van der Waals surface area contributed by atoms with E-state index in [9.17, 15) is 14.3 Å². The Hall–Kier alpha value is -1.62. The zero-order valence-electron chi connectivity index (χ0n) is 12.6. The number of rotatable bonds is 3. The van der Waals surface area contributed by atoms with Crippen LogP contribution in [0.2, 0.25) is 0 Å². The summed E-state index contributed by atoms with van der Waals surface area (Å²) in [6, 6.07) is 4.04. The molecule has 2 N–H and O–H groups in total. The molecule has 2 atom stereocenters. The van der Waals surface area contributed by atoms with Gasteiger partial charge in [-0.3, -0.25) is 0 Å². The number of halogens is 1. The second kappa shape index (κ2) is 6.89. The van der Waals surface area contributed by atoms with Gasteiger partial charge < -0.3 is 15.3 Å². The second-order valence-corrected chi connectivity index (χ2v) is 5.88. The highest BCUT2D eigenvalue weighted by Gasteiger charge is 2.25. The third-order valence-electron chi connectivity index (χ3n) is 4.17. The largest absolute Gasteiger partial charge is 0.393 e. The molecule has 1 saturated carbocycles. The van der Waals surface area contributed by atoms with Crippen LogP contribution >= 0.6 is 0 Å². The lowest BCUT2D eigenvalue weighted by molar-refractivity contribution is 0.0575. The van der Waals surface area contributed by atoms with Crippen LogP contribution in [-0.2, 0) is 0 Å². The summed E-state index contributed by atoms with van der Waals surface area (Å²) in [6.45, 7) is 2.33. The molecule has 0 spiro atoms. The summed E-state index contributed by atoms with van der Waals surface area (Å²) >= 11 is 0. The first kappa shape index (κ1) is 15.8. The van der Waals surface area contributed by atoms with Crippen LogP contribution in [0.3, 0.4) is 0 Å². The summed E-state index contributed by atoms with van der Waals surface area (Å²) in [5.74, 6) is -0.246. The third kappa shape index (κ3) is 4.17. The molecule has 0 saturated heterocycles. The smallest absolute Gasteiger partial charge is 0.321 e. The number of aliphatic hydroxyl groups is 1. The fourth-order valence-electron chi connectivity index (χ4n) is 2.78. The summed E-state index contributed by atoms with van der Waals surface area (Å²) in [5, 5.41) is 12.7. The number of aryl methyl sites for hydroxylation is 1. The number of amides is 2. The van der Waals surface area contributed by atoms with Crippen molar-refractivity contribution in [1.82, 2.24) is 4.90 Å². The van der Waals surface area contributed by atoms with Crippen LogP contribution in [0.15, 0.2) is 18.2 Å². The summed E-state index contributed by atoms with van der Waals surface area (Å²) in [6.07, 6.45) is 3.57. The topological polar surface area (TPSA) is 52.6 Å². The molecule has 0 heterocycles. The lowest BCUT2D eigenvalue weighted by atomic mass is 9.86. The van der Waals surface area contributed by atoms with Gasteiger partial charge in [-0.2, -0.15) is 0 Å². The number of carbonyl (C=O) groups is 1. The van der Waals surface area contributed by atoms with E-state index in [1.807, 2.05) is 6.92 Å². The molecule has 4 nitrogen and oxygen atoms in total. The minimum Gasteiger partial charge on any atom is -0.393 e. The maximum atomic E-state index is 13.2. The predicted molar refractivity (Wildman–Crippen MR) is 80.8 cm³/mol. The number of nitrogens with zero attached hydrogens (tertiary/aromatic N) is 1. The molecule has 1 aromatic carbocycles. The number of benzene rings is 1. The van der Waals surface area contributed by atoms with Crippen molar-refractivity contribution >= 4 is 11.7 Å². The molecule has 21 heavy (non-hydrogen) atoms. The van der Waals surface area contributed by atoms with Crippen molar-refractivity contribution in [2.75, 3.05) is 18.9 Å². The Bertz CT molecular complexity index is 507. The predicted octanol–water partition coefficient (Wildman–Crippen LogP) is 3.15. The maximum absolute atomic E-state index is 13.2. The maximum Gasteiger partial charge on any atom is 0.321 e. The monoisotopic (exact) mass is 294 g/mol. The van der Waals surface area contributed by atoms with Crippen molar-refractivity contribution < 1.29 is 14.3 Å². The van der Waals surface area contributed by atoms with Crippen molar-refractivity contribution in [2.24, 2.45) is 5.92 Å². The number of carbonyl (C=O) groups excluding carboxylic acids is 1. The molecule has 0 aliphatic heterocycles. The van der Waals surface area contributed by atoms with Crippen LogP contribution in [0.1, 0.15) is 31.2 Å². The van der Waals surface area contributed by atoms with Gasteiger partial charge in [-0.05, 0) is 37.5 Å². The van der Waals surface area contributed by atoms with Gasteiger partial charge in [0.15, 0.2) is 0 Å². The zero-order chi connectivity index (χ0) is 15.4. The summed E-state index contributed by atoms with van der Waals surface area (Å²) in [7, 11) is 1.70. The quantitative estimate of drug-likeness (QED) is 0.899. The van der Waals surface area contributed by atoms with Crippen LogP contribution in [0, 0.1) is 18.7 Å². The summed E-state index contributed by atoms with van der Waals surface area (Å²) in [4.78, 5) is 13.7. The molecule has 1 aliphatic rings. The molecule has 0 radical (unpaired) electrons. The van der Waals surface area contributed by atoms with Crippen LogP contribution in [0.4, 0.5) is 14.9 Å². The van der Waals surface area contributed by atoms with E-state index in [1.54, 1.807) is 18.0 Å². The van der Waals surface area contributed by atoms with Gasteiger partial charge in [-0.1, -0.05) is 18.9 Å². The number of hydrogen-bond acceptors (Lipinski definition) is 2. The van der Waals surface area contributed by atoms with E-state index in [0.29, 0.717) is 12.2 Å². The first-order chi connectivity index (χ1) is 9.97. The van der Waals surface area contributed by atoms with Gasteiger partial charge in [0, 0.05) is 25.2 Å². The highest BCUT2D eigenvalue weighted by atomic mass is 19.1. The first-order valence-corrected chi connectivity index (χ1v) is 7.43. The van der Waals surface area contributed by atoms with Gasteiger partial charge in [0.1, 0.15) is 5.82 Å². The van der Waals surface area contributed by atoms with Crippen molar-refractivity contribution in [3.63, 3.8) is 0 Å². The third-order valence-corrected chi connectivity index (χ3v) is 4.17. The van der Waals surface area contributed by atoms with Crippen molar-refractivity contribution in [2.45, 2.75) is 38.7 Å². The van der Waals surface area contributed by atoms with Crippen LogP contribution in [-0.4, -0.2) is 35.7 Å². The minimum atomic E-state index is -0.374. The van der Waals surface area contributed by atoms with E-state index in [-0.39, 0.29) is 23.9 Å². The first-order valence-electron chi connectivity index (χ1n) is 7.43. The number of hydrogen-bond donors (Lipinski definition) is 2. The van der Waals surface area contributed by atoms with Crippen LogP contribution < -0.4 is 5.32 Å². The number of urea groups is 1. The van der Waals surface area contributed by atoms with E-state index < -0.39 is 0 Å². The Morgan fingerprint density at radius 3 is 2.86 bits per heavy atom. The van der Waals surface area contributed by atoms with E-state index in [1.165, 1.54) is 12.1 Å². The molecule has 0 bridgehead atoms. The molecule has 1 aromatic rings. The molecule has 0 aromatic heterocycles. The van der Waals surface area contributed by atoms with Gasteiger partial charge in [0.25, 0.3) is 0 Å². The zero-order valence-corrected chi connectivity index (χ0v) is 12.6. The Morgan fingerprint density at radius 2 is 2.14 bits per heavy atom. The molecule has 2 unspecified atom stereocenters. The second-order valence-electron chi connectivity index (χ2n) is 5.88. The lowest BCUT2D eigenvalue weighted by Gasteiger charge is -2.31. The number of nitrogens with one attached hydrogen (secondary N) is 1. The summed E-state index contributed by atoms with van der Waals surface area (Å²) in [5.41, 5.74) is 1.30. The van der Waals surface area contributed by atoms with Gasteiger partial charge in [-0.25, -0.2) is 9.18 Å². The Labute approximate surface area is 125 Å². The highest BCUT2D eigenvalue weighted by molar-refractivity contribution is 5.89. The van der Waals surface area contributed by atoms with Crippen molar-refractivity contribution in [1.29, 1.82) is 0 Å². The lowest BCUT2D eigenvalue weighted by Crippen LogP contribution is -2.40. The molecule has 1 aliphatic carbocycles. The molecule has 2 rings (SSSR count). The highest BCUT2D eigenvalue weighted by Crippen LogP contribution is 2.25. The molecular formula is C16H23FN2O2.